The van der Waals surface area contributed by atoms with Crippen LogP contribution in [-0.2, 0) is 24.7 Å². The highest BCUT2D eigenvalue weighted by molar-refractivity contribution is 6.30. The Morgan fingerprint density at radius 1 is 1.19 bits per heavy atom. The Bertz CT molecular complexity index is 980. The van der Waals surface area contributed by atoms with Crippen LogP contribution in [0.1, 0.15) is 64.4 Å². The van der Waals surface area contributed by atoms with Crippen molar-refractivity contribution in [3.05, 3.63) is 34.9 Å². The molecule has 2 atom stereocenters. The van der Waals surface area contributed by atoms with Crippen molar-refractivity contribution in [3.63, 3.8) is 0 Å². The van der Waals surface area contributed by atoms with Crippen LogP contribution in [-0.4, -0.2) is 54.5 Å². The van der Waals surface area contributed by atoms with Gasteiger partial charge >= 0.3 is 12.1 Å². The van der Waals surface area contributed by atoms with Gasteiger partial charge in [-0.1, -0.05) is 50.4 Å². The van der Waals surface area contributed by atoms with Gasteiger partial charge in [0.15, 0.2) is 0 Å². The molecule has 1 aliphatic heterocycles. The molecule has 7 nitrogen and oxygen atoms in total. The summed E-state index contributed by atoms with van der Waals surface area (Å²) in [6.45, 7) is 3.72. The maximum atomic E-state index is 13.6. The zero-order valence-corrected chi connectivity index (χ0v) is 22.0. The van der Waals surface area contributed by atoms with Crippen molar-refractivity contribution in [1.29, 1.82) is 0 Å². The normalized spacial score (nSPS) is 22.9. The average Bonchev–Trinajstić information content (AvgIpc) is 3.37. The fraction of sp³-hybridized carbons (Fsp3) is 0.654. The first-order chi connectivity index (χ1) is 17.3. The Morgan fingerprint density at radius 3 is 2.35 bits per heavy atom. The van der Waals surface area contributed by atoms with Crippen LogP contribution < -0.4 is 11.1 Å². The number of likely N-dealkylation sites (tertiary alicyclic amines) is 1. The standard InChI is InChI=1S/C26H35ClF3N3O4/c1-24(2)16-33(22(35)20(8-5-14-31)32-21(34)17-6-3-4-7-17)15-13-25(24,37-23(36)26(28,29)30)18-9-11-19(27)12-10-18/h9-12,17,20H,3-8,13-16,31H2,1-2H3,(H,32,34)/t20-,25+/m1/s1. The summed E-state index contributed by atoms with van der Waals surface area (Å²) in [5, 5.41) is 3.28. The van der Waals surface area contributed by atoms with Crippen LogP contribution in [0.5, 0.6) is 0 Å². The van der Waals surface area contributed by atoms with Crippen molar-refractivity contribution in [2.75, 3.05) is 19.6 Å². The van der Waals surface area contributed by atoms with Crippen LogP contribution >= 0.6 is 11.6 Å². The largest absolute Gasteiger partial charge is 0.490 e. The molecule has 0 spiro atoms. The molecule has 1 saturated heterocycles. The number of piperidine rings is 1. The number of halogens is 4. The number of rotatable bonds is 8. The summed E-state index contributed by atoms with van der Waals surface area (Å²) >= 11 is 5.99. The molecule has 206 valence electrons. The number of benzene rings is 1. The van der Waals surface area contributed by atoms with Gasteiger partial charge in [-0.2, -0.15) is 13.2 Å². The van der Waals surface area contributed by atoms with Crippen molar-refractivity contribution >= 4 is 29.4 Å². The summed E-state index contributed by atoms with van der Waals surface area (Å²) < 4.78 is 45.1. The van der Waals surface area contributed by atoms with Gasteiger partial charge in [-0.15, -0.1) is 0 Å². The van der Waals surface area contributed by atoms with E-state index in [4.69, 9.17) is 22.1 Å². The number of carbonyl (C=O) groups excluding carboxylic acids is 3. The molecule has 1 aromatic carbocycles. The maximum absolute atomic E-state index is 13.6. The van der Waals surface area contributed by atoms with Crippen LogP contribution in [0, 0.1) is 11.3 Å². The molecule has 1 heterocycles. The molecule has 2 aliphatic rings. The minimum atomic E-state index is -5.18. The lowest BCUT2D eigenvalue weighted by molar-refractivity contribution is -0.234. The van der Waals surface area contributed by atoms with E-state index >= 15 is 0 Å². The van der Waals surface area contributed by atoms with E-state index in [0.29, 0.717) is 30.0 Å². The Kier molecular flexibility index (Phi) is 9.16. The number of esters is 1. The van der Waals surface area contributed by atoms with Gasteiger partial charge in [0.1, 0.15) is 11.6 Å². The summed E-state index contributed by atoms with van der Waals surface area (Å²) in [4.78, 5) is 39.9. The molecule has 2 amide bonds. The first-order valence-electron chi connectivity index (χ1n) is 12.7. The zero-order valence-electron chi connectivity index (χ0n) is 21.2. The van der Waals surface area contributed by atoms with Crippen LogP contribution in [0.2, 0.25) is 5.02 Å². The highest BCUT2D eigenvalue weighted by Gasteiger charge is 2.57. The molecule has 1 aliphatic carbocycles. The minimum absolute atomic E-state index is 0.0119. The first-order valence-corrected chi connectivity index (χ1v) is 13.0. The predicted molar refractivity (Wildman–Crippen MR) is 132 cm³/mol. The SMILES string of the molecule is CC1(C)CN(C(=O)[C@@H](CCCN)NC(=O)C2CCCC2)CC[C@]1(OC(=O)C(F)(F)F)c1ccc(Cl)cc1. The van der Waals surface area contributed by atoms with E-state index in [1.54, 1.807) is 13.8 Å². The molecular weight excluding hydrogens is 511 g/mol. The van der Waals surface area contributed by atoms with E-state index in [0.717, 1.165) is 25.7 Å². The van der Waals surface area contributed by atoms with Gasteiger partial charge in [0.2, 0.25) is 11.8 Å². The van der Waals surface area contributed by atoms with Crippen molar-refractivity contribution < 1.29 is 32.3 Å². The van der Waals surface area contributed by atoms with Crippen molar-refractivity contribution in [3.8, 4) is 0 Å². The third kappa shape index (κ3) is 6.57. The Labute approximate surface area is 220 Å². The second-order valence-corrected chi connectivity index (χ2v) is 11.0. The monoisotopic (exact) mass is 545 g/mol. The number of alkyl halides is 3. The second-order valence-electron chi connectivity index (χ2n) is 10.6. The number of nitrogens with two attached hydrogens (primary N) is 1. The quantitative estimate of drug-likeness (QED) is 0.474. The second kappa shape index (κ2) is 11.6. The molecule has 3 rings (SSSR count). The number of hydrogen-bond donors (Lipinski definition) is 2. The molecule has 1 aromatic rings. The molecule has 2 fully saturated rings. The van der Waals surface area contributed by atoms with E-state index < -0.39 is 29.2 Å². The lowest BCUT2D eigenvalue weighted by Gasteiger charge is -2.53. The van der Waals surface area contributed by atoms with Gasteiger partial charge in [0.05, 0.1) is 0 Å². The van der Waals surface area contributed by atoms with Gasteiger partial charge < -0.3 is 20.7 Å². The highest BCUT2D eigenvalue weighted by Crippen LogP contribution is 2.50. The molecule has 37 heavy (non-hydrogen) atoms. The van der Waals surface area contributed by atoms with Gasteiger partial charge in [0, 0.05) is 35.9 Å². The summed E-state index contributed by atoms with van der Waals surface area (Å²) in [5.41, 5.74) is 3.26. The molecule has 0 bridgehead atoms. The Balaban J connectivity index is 1.86. The molecule has 1 saturated carbocycles. The van der Waals surface area contributed by atoms with Gasteiger partial charge in [-0.3, -0.25) is 9.59 Å². The van der Waals surface area contributed by atoms with E-state index in [1.165, 1.54) is 29.2 Å². The molecular formula is C26H35ClF3N3O4. The van der Waals surface area contributed by atoms with E-state index in [9.17, 15) is 27.6 Å². The smallest absolute Gasteiger partial charge is 0.447 e. The Hall–Kier alpha value is -2.33. The van der Waals surface area contributed by atoms with E-state index in [-0.39, 0.29) is 37.2 Å². The number of ether oxygens (including phenoxy) is 1. The van der Waals surface area contributed by atoms with Gasteiger partial charge in [-0.05, 0) is 49.9 Å². The van der Waals surface area contributed by atoms with E-state index in [1.807, 2.05) is 0 Å². The summed E-state index contributed by atoms with van der Waals surface area (Å²) in [5.74, 6) is -2.89. The fourth-order valence-corrected chi connectivity index (χ4v) is 5.62. The number of carbonyl (C=O) groups is 3. The summed E-state index contributed by atoms with van der Waals surface area (Å²) in [7, 11) is 0. The third-order valence-electron chi connectivity index (χ3n) is 7.57. The van der Waals surface area contributed by atoms with Crippen molar-refractivity contribution in [2.45, 2.75) is 76.6 Å². The van der Waals surface area contributed by atoms with Crippen molar-refractivity contribution in [2.24, 2.45) is 17.1 Å². The third-order valence-corrected chi connectivity index (χ3v) is 7.82. The van der Waals surface area contributed by atoms with Crippen LogP contribution in [0.3, 0.4) is 0 Å². The summed E-state index contributed by atoms with van der Waals surface area (Å²) in [6.07, 6.45) is -0.835. The average molecular weight is 546 g/mol. The topological polar surface area (TPSA) is 102 Å². The zero-order chi connectivity index (χ0) is 27.4. The lowest BCUT2D eigenvalue weighted by Crippen LogP contribution is -2.61. The van der Waals surface area contributed by atoms with Gasteiger partial charge in [0.25, 0.3) is 0 Å². The molecule has 3 N–H and O–H groups in total. The van der Waals surface area contributed by atoms with Crippen LogP contribution in [0.15, 0.2) is 24.3 Å². The molecule has 0 aromatic heterocycles. The highest BCUT2D eigenvalue weighted by atomic mass is 35.5. The number of hydrogen-bond acceptors (Lipinski definition) is 5. The summed E-state index contributed by atoms with van der Waals surface area (Å²) in [6, 6.07) is 5.34. The minimum Gasteiger partial charge on any atom is -0.447 e. The Morgan fingerprint density at radius 2 is 1.81 bits per heavy atom. The van der Waals surface area contributed by atoms with E-state index in [2.05, 4.69) is 5.32 Å². The lowest BCUT2D eigenvalue weighted by atomic mass is 9.66. The molecule has 0 radical (unpaired) electrons. The maximum Gasteiger partial charge on any atom is 0.490 e. The van der Waals surface area contributed by atoms with Gasteiger partial charge in [-0.25, -0.2) is 4.79 Å². The predicted octanol–water partition coefficient (Wildman–Crippen LogP) is 4.31. The number of nitrogens with zero attached hydrogens (tertiary/aromatic N) is 1. The fourth-order valence-electron chi connectivity index (χ4n) is 5.50. The van der Waals surface area contributed by atoms with Crippen LogP contribution in [0.4, 0.5) is 13.2 Å². The van der Waals surface area contributed by atoms with Crippen molar-refractivity contribution in [1.82, 2.24) is 10.2 Å². The molecule has 0 unspecified atom stereocenters. The number of nitrogens with one attached hydrogen (secondary N) is 1. The molecule has 11 heteroatoms. The number of amides is 2. The first kappa shape index (κ1) is 29.2. The van der Waals surface area contributed by atoms with Crippen LogP contribution in [0.25, 0.3) is 0 Å².